The van der Waals surface area contributed by atoms with E-state index in [0.29, 0.717) is 24.0 Å². The highest BCUT2D eigenvalue weighted by Gasteiger charge is 2.22. The highest BCUT2D eigenvalue weighted by molar-refractivity contribution is 5.22. The first-order chi connectivity index (χ1) is 8.72. The van der Waals surface area contributed by atoms with Gasteiger partial charge in [0, 0.05) is 6.07 Å². The maximum absolute atomic E-state index is 11.5. The fourth-order valence-electron chi connectivity index (χ4n) is 1.94. The summed E-state index contributed by atoms with van der Waals surface area (Å²) in [4.78, 5) is 11.5. The molecule has 1 N–H and O–H groups in total. The van der Waals surface area contributed by atoms with Crippen molar-refractivity contribution in [3.05, 3.63) is 28.3 Å². The van der Waals surface area contributed by atoms with Crippen LogP contribution in [-0.4, -0.2) is 13.7 Å². The summed E-state index contributed by atoms with van der Waals surface area (Å²) in [6.07, 6.45) is 4.44. The van der Waals surface area contributed by atoms with Gasteiger partial charge in [0.2, 0.25) is 0 Å². The molecule has 1 fully saturated rings. The Morgan fingerprint density at radius 1 is 1.50 bits per heavy atom. The quantitative estimate of drug-likeness (QED) is 0.809. The lowest BCUT2D eigenvalue weighted by atomic mass is 10.1. The molecule has 1 aliphatic rings. The van der Waals surface area contributed by atoms with Crippen LogP contribution >= 0.6 is 0 Å². The molecule has 0 amide bonds. The Balaban J connectivity index is 2.10. The molecule has 0 bridgehead atoms. The molecule has 0 aromatic carbocycles. The van der Waals surface area contributed by atoms with Gasteiger partial charge >= 0.3 is 5.63 Å². The molecule has 1 saturated carbocycles. The first-order valence-electron chi connectivity index (χ1n) is 6.68. The lowest BCUT2D eigenvalue weighted by molar-refractivity contribution is 0.290. The molecule has 100 valence electrons. The number of hydrogen-bond acceptors (Lipinski definition) is 4. The standard InChI is InChI=1S/C14H21NO3/c1-3-4-12(15-2)13-7-11(8-14(16)18-13)17-9-10-5-6-10/h7-8,10,12,15H,3-6,9H2,1-2H3/t12-/m1/s1. The Morgan fingerprint density at radius 3 is 2.89 bits per heavy atom. The molecule has 0 aliphatic heterocycles. The van der Waals surface area contributed by atoms with Gasteiger partial charge in [-0.25, -0.2) is 4.79 Å². The van der Waals surface area contributed by atoms with Gasteiger partial charge in [-0.05, 0) is 32.2 Å². The van der Waals surface area contributed by atoms with E-state index in [9.17, 15) is 4.79 Å². The van der Waals surface area contributed by atoms with Crippen LogP contribution in [0.5, 0.6) is 5.75 Å². The maximum Gasteiger partial charge on any atom is 0.339 e. The molecule has 4 nitrogen and oxygen atoms in total. The first-order valence-corrected chi connectivity index (χ1v) is 6.68. The molecule has 1 heterocycles. The molecule has 1 atom stereocenters. The van der Waals surface area contributed by atoms with E-state index in [1.54, 1.807) is 0 Å². The molecule has 0 saturated heterocycles. The SMILES string of the molecule is CCC[C@@H](NC)c1cc(OCC2CC2)cc(=O)o1. The zero-order valence-electron chi connectivity index (χ0n) is 11.1. The lowest BCUT2D eigenvalue weighted by Crippen LogP contribution is -2.18. The highest BCUT2D eigenvalue weighted by Crippen LogP contribution is 2.29. The predicted molar refractivity (Wildman–Crippen MR) is 69.9 cm³/mol. The van der Waals surface area contributed by atoms with Crippen LogP contribution in [0, 0.1) is 5.92 Å². The van der Waals surface area contributed by atoms with Gasteiger partial charge in [-0.1, -0.05) is 13.3 Å². The summed E-state index contributed by atoms with van der Waals surface area (Å²) in [5.74, 6) is 1.97. The van der Waals surface area contributed by atoms with E-state index in [2.05, 4.69) is 12.2 Å². The molecule has 1 aliphatic carbocycles. The van der Waals surface area contributed by atoms with Gasteiger partial charge in [0.1, 0.15) is 11.5 Å². The minimum Gasteiger partial charge on any atom is -0.493 e. The molecular weight excluding hydrogens is 230 g/mol. The summed E-state index contributed by atoms with van der Waals surface area (Å²) >= 11 is 0. The maximum atomic E-state index is 11.5. The third kappa shape index (κ3) is 3.60. The topological polar surface area (TPSA) is 51.5 Å². The van der Waals surface area contributed by atoms with Gasteiger partial charge in [-0.15, -0.1) is 0 Å². The van der Waals surface area contributed by atoms with Gasteiger partial charge in [-0.3, -0.25) is 0 Å². The van der Waals surface area contributed by atoms with Crippen molar-refractivity contribution in [2.75, 3.05) is 13.7 Å². The fraction of sp³-hybridized carbons (Fsp3) is 0.643. The van der Waals surface area contributed by atoms with Crippen molar-refractivity contribution in [1.82, 2.24) is 5.32 Å². The van der Waals surface area contributed by atoms with Gasteiger partial charge < -0.3 is 14.5 Å². The third-order valence-corrected chi connectivity index (χ3v) is 3.21. The molecular formula is C14H21NO3. The summed E-state index contributed by atoms with van der Waals surface area (Å²) in [6, 6.07) is 3.33. The van der Waals surface area contributed by atoms with E-state index < -0.39 is 0 Å². The van der Waals surface area contributed by atoms with Crippen molar-refractivity contribution in [3.63, 3.8) is 0 Å². The smallest absolute Gasteiger partial charge is 0.339 e. The van der Waals surface area contributed by atoms with Crippen LogP contribution in [0.25, 0.3) is 0 Å². The predicted octanol–water partition coefficient (Wildman–Crippen LogP) is 2.49. The van der Waals surface area contributed by atoms with Crippen LogP contribution < -0.4 is 15.7 Å². The second kappa shape index (κ2) is 6.05. The summed E-state index contributed by atoms with van der Waals surface area (Å²) in [5, 5.41) is 3.16. The summed E-state index contributed by atoms with van der Waals surface area (Å²) in [5.41, 5.74) is -0.338. The third-order valence-electron chi connectivity index (χ3n) is 3.21. The minimum absolute atomic E-state index is 0.0761. The van der Waals surface area contributed by atoms with Crippen LogP contribution in [0.2, 0.25) is 0 Å². The van der Waals surface area contributed by atoms with Crippen molar-refractivity contribution in [3.8, 4) is 5.75 Å². The number of rotatable bonds is 7. The van der Waals surface area contributed by atoms with Crippen LogP contribution in [-0.2, 0) is 0 Å². The summed E-state index contributed by atoms with van der Waals surface area (Å²) < 4.78 is 10.9. The van der Waals surface area contributed by atoms with E-state index in [1.165, 1.54) is 18.9 Å². The van der Waals surface area contributed by atoms with Crippen LogP contribution in [0.3, 0.4) is 0 Å². The molecule has 1 aromatic heterocycles. The Labute approximate surface area is 107 Å². The second-order valence-electron chi connectivity index (χ2n) is 4.90. The molecule has 0 radical (unpaired) electrons. The Morgan fingerprint density at radius 2 is 2.28 bits per heavy atom. The monoisotopic (exact) mass is 251 g/mol. The Kier molecular flexibility index (Phi) is 4.42. The summed E-state index contributed by atoms with van der Waals surface area (Å²) in [7, 11) is 1.87. The van der Waals surface area contributed by atoms with E-state index in [-0.39, 0.29) is 11.7 Å². The molecule has 0 unspecified atom stereocenters. The zero-order valence-corrected chi connectivity index (χ0v) is 11.1. The molecule has 2 rings (SSSR count). The Bertz CT molecular complexity index is 437. The van der Waals surface area contributed by atoms with Gasteiger partial charge in [-0.2, -0.15) is 0 Å². The van der Waals surface area contributed by atoms with Crippen LogP contribution in [0.15, 0.2) is 21.3 Å². The average Bonchev–Trinajstić information content (AvgIpc) is 3.16. The van der Waals surface area contributed by atoms with Gasteiger partial charge in [0.15, 0.2) is 0 Å². The molecule has 0 spiro atoms. The van der Waals surface area contributed by atoms with Crippen LogP contribution in [0.4, 0.5) is 0 Å². The number of hydrogen-bond donors (Lipinski definition) is 1. The van der Waals surface area contributed by atoms with Crippen LogP contribution in [0.1, 0.15) is 44.4 Å². The Hall–Kier alpha value is -1.29. The average molecular weight is 251 g/mol. The number of ether oxygens (including phenoxy) is 1. The summed E-state index contributed by atoms with van der Waals surface area (Å²) in [6.45, 7) is 2.82. The van der Waals surface area contributed by atoms with Gasteiger partial charge in [0.05, 0.1) is 18.7 Å². The zero-order chi connectivity index (χ0) is 13.0. The van der Waals surface area contributed by atoms with Crippen molar-refractivity contribution in [2.24, 2.45) is 5.92 Å². The molecule has 1 aromatic rings. The minimum atomic E-state index is -0.338. The van der Waals surface area contributed by atoms with Crippen molar-refractivity contribution >= 4 is 0 Å². The lowest BCUT2D eigenvalue weighted by Gasteiger charge is -2.14. The van der Waals surface area contributed by atoms with Crippen molar-refractivity contribution in [2.45, 2.75) is 38.6 Å². The number of nitrogens with one attached hydrogen (secondary N) is 1. The largest absolute Gasteiger partial charge is 0.493 e. The van der Waals surface area contributed by atoms with Gasteiger partial charge in [0.25, 0.3) is 0 Å². The van der Waals surface area contributed by atoms with E-state index in [0.717, 1.165) is 12.8 Å². The van der Waals surface area contributed by atoms with Crippen molar-refractivity contribution in [1.29, 1.82) is 0 Å². The fourth-order valence-corrected chi connectivity index (χ4v) is 1.94. The molecule has 4 heteroatoms. The molecule has 18 heavy (non-hydrogen) atoms. The normalized spacial score (nSPS) is 16.6. The first kappa shape index (κ1) is 13.1. The van der Waals surface area contributed by atoms with E-state index >= 15 is 0 Å². The van der Waals surface area contributed by atoms with E-state index in [4.69, 9.17) is 9.15 Å². The van der Waals surface area contributed by atoms with E-state index in [1.807, 2.05) is 13.1 Å². The highest BCUT2D eigenvalue weighted by atomic mass is 16.5. The van der Waals surface area contributed by atoms with Crippen molar-refractivity contribution < 1.29 is 9.15 Å². The second-order valence-corrected chi connectivity index (χ2v) is 4.90.